The lowest BCUT2D eigenvalue weighted by molar-refractivity contribution is -0.148. The summed E-state index contributed by atoms with van der Waals surface area (Å²) in [6.45, 7) is 1.15. The third-order valence-corrected chi connectivity index (χ3v) is 6.32. The van der Waals surface area contributed by atoms with Gasteiger partial charge in [-0.1, -0.05) is 48.9 Å². The molecule has 2 saturated heterocycles. The van der Waals surface area contributed by atoms with Crippen LogP contribution in [0.4, 0.5) is 0 Å². The minimum Gasteiger partial charge on any atom is -0.449 e. The van der Waals surface area contributed by atoms with E-state index in [0.29, 0.717) is 12.1 Å². The fourth-order valence-electron chi connectivity index (χ4n) is 5.16. The lowest BCUT2D eigenvalue weighted by Crippen LogP contribution is -2.48. The zero-order valence-electron chi connectivity index (χ0n) is 14.7. The van der Waals surface area contributed by atoms with Crippen molar-refractivity contribution in [3.05, 3.63) is 64.8 Å². The molecule has 1 unspecified atom stereocenters. The number of carbonyl (C=O) groups is 1. The molecule has 3 atom stereocenters. The number of rotatable bonds is 3. The van der Waals surface area contributed by atoms with E-state index in [9.17, 15) is 9.90 Å². The summed E-state index contributed by atoms with van der Waals surface area (Å²) < 4.78 is 5.95. The maximum Gasteiger partial charge on any atom is 0.332 e. The molecule has 4 nitrogen and oxygen atoms in total. The molecule has 4 heteroatoms. The normalized spacial score (nSPS) is 32.9. The van der Waals surface area contributed by atoms with E-state index >= 15 is 0 Å². The van der Waals surface area contributed by atoms with Crippen molar-refractivity contribution < 1.29 is 14.6 Å². The predicted molar refractivity (Wildman–Crippen MR) is 99.1 cm³/mol. The zero-order valence-corrected chi connectivity index (χ0v) is 14.7. The Hall–Kier alpha value is -2.17. The highest BCUT2D eigenvalue weighted by Gasteiger charge is 2.61. The van der Waals surface area contributed by atoms with E-state index in [2.05, 4.69) is 23.1 Å². The molecule has 0 aromatic heterocycles. The molecule has 0 saturated carbocycles. The molecule has 2 bridgehead atoms. The summed E-state index contributed by atoms with van der Waals surface area (Å²) in [5.41, 5.74) is 3.74. The molecule has 134 valence electrons. The number of hydrogen-bond acceptors (Lipinski definition) is 4. The van der Waals surface area contributed by atoms with Crippen molar-refractivity contribution in [3.8, 4) is 0 Å². The number of piperidine rings is 1. The summed E-state index contributed by atoms with van der Waals surface area (Å²) in [5.74, 6) is -0.195. The van der Waals surface area contributed by atoms with Gasteiger partial charge >= 0.3 is 5.97 Å². The first-order valence-electron chi connectivity index (χ1n) is 9.50. The van der Waals surface area contributed by atoms with Crippen LogP contribution in [0.1, 0.15) is 36.8 Å². The van der Waals surface area contributed by atoms with Crippen LogP contribution in [-0.4, -0.2) is 40.2 Å². The van der Waals surface area contributed by atoms with Gasteiger partial charge in [0.15, 0.2) is 5.60 Å². The second kappa shape index (κ2) is 5.93. The third-order valence-electron chi connectivity index (χ3n) is 6.32. The minimum absolute atomic E-state index is 0.0584. The standard InChI is InChI=1S/C22H23NO3/c24-14-16-6-4-15(5-7-16)8-9-17-11-18-13-22(19(17)12-21(25)26-22)20-3-1-2-10-23(18)20/h4-9,11-12,18,20,24H,1-3,10,13-14H2/b9-8+/t18?,20-,22+/m1/s1. The molecule has 0 amide bonds. The number of allylic oxidation sites excluding steroid dienone is 1. The van der Waals surface area contributed by atoms with Gasteiger partial charge in [-0.3, -0.25) is 4.90 Å². The summed E-state index contributed by atoms with van der Waals surface area (Å²) >= 11 is 0. The highest BCUT2D eigenvalue weighted by atomic mass is 16.6. The molecule has 1 aliphatic carbocycles. The largest absolute Gasteiger partial charge is 0.449 e. The molecule has 0 radical (unpaired) electrons. The predicted octanol–water partition coefficient (Wildman–Crippen LogP) is 2.98. The van der Waals surface area contributed by atoms with E-state index in [1.165, 1.54) is 12.8 Å². The number of benzene rings is 1. The molecule has 1 aromatic carbocycles. The topological polar surface area (TPSA) is 49.8 Å². The Bertz CT molecular complexity index is 835. The molecule has 3 heterocycles. The van der Waals surface area contributed by atoms with Crippen molar-refractivity contribution in [3.63, 3.8) is 0 Å². The number of hydrogen-bond donors (Lipinski definition) is 1. The Morgan fingerprint density at radius 3 is 2.88 bits per heavy atom. The van der Waals surface area contributed by atoms with Gasteiger partial charge in [-0.2, -0.15) is 0 Å². The van der Waals surface area contributed by atoms with Crippen LogP contribution in [0.5, 0.6) is 0 Å². The molecule has 1 spiro atoms. The van der Waals surface area contributed by atoms with Gasteiger partial charge in [-0.15, -0.1) is 0 Å². The number of ether oxygens (including phenoxy) is 1. The van der Waals surface area contributed by atoms with E-state index in [0.717, 1.165) is 41.7 Å². The van der Waals surface area contributed by atoms with Crippen molar-refractivity contribution in [1.82, 2.24) is 4.90 Å². The van der Waals surface area contributed by atoms with Crippen LogP contribution in [0.25, 0.3) is 6.08 Å². The molecular formula is C22H23NO3. The van der Waals surface area contributed by atoms with Crippen molar-refractivity contribution in [2.45, 2.75) is 50.0 Å². The van der Waals surface area contributed by atoms with Crippen LogP contribution in [0.15, 0.2) is 53.6 Å². The lowest BCUT2D eigenvalue weighted by Gasteiger charge is -2.38. The number of nitrogens with zero attached hydrogens (tertiary/aromatic N) is 1. The monoisotopic (exact) mass is 349 g/mol. The van der Waals surface area contributed by atoms with Gasteiger partial charge < -0.3 is 9.84 Å². The number of aliphatic hydroxyl groups excluding tert-OH is 1. The highest BCUT2D eigenvalue weighted by Crippen LogP contribution is 2.53. The first kappa shape index (κ1) is 16.0. The highest BCUT2D eigenvalue weighted by molar-refractivity contribution is 5.90. The fourth-order valence-corrected chi connectivity index (χ4v) is 5.16. The van der Waals surface area contributed by atoms with Gasteiger partial charge in [0.2, 0.25) is 0 Å². The minimum atomic E-state index is -0.433. The van der Waals surface area contributed by atoms with Crippen molar-refractivity contribution in [2.75, 3.05) is 6.54 Å². The second-order valence-corrected chi connectivity index (χ2v) is 7.74. The maximum atomic E-state index is 12.2. The van der Waals surface area contributed by atoms with Crippen LogP contribution in [-0.2, 0) is 16.1 Å². The quantitative estimate of drug-likeness (QED) is 0.853. The van der Waals surface area contributed by atoms with Gasteiger partial charge in [0.1, 0.15) is 0 Å². The van der Waals surface area contributed by atoms with E-state index in [1.54, 1.807) is 6.08 Å². The van der Waals surface area contributed by atoms with Crippen LogP contribution in [0.3, 0.4) is 0 Å². The Labute approximate surface area is 153 Å². The molecule has 5 rings (SSSR count). The number of esters is 1. The van der Waals surface area contributed by atoms with Crippen LogP contribution in [0, 0.1) is 0 Å². The van der Waals surface area contributed by atoms with Gasteiger partial charge in [-0.25, -0.2) is 4.79 Å². The number of fused-ring (bicyclic) bond motifs is 3. The third kappa shape index (κ3) is 2.32. The van der Waals surface area contributed by atoms with E-state index in [1.807, 2.05) is 24.3 Å². The molecular weight excluding hydrogens is 326 g/mol. The van der Waals surface area contributed by atoms with E-state index in [-0.39, 0.29) is 12.6 Å². The molecule has 2 fully saturated rings. The summed E-state index contributed by atoms with van der Waals surface area (Å²) in [7, 11) is 0. The Morgan fingerprint density at radius 1 is 1.23 bits per heavy atom. The Balaban J connectivity index is 1.50. The fraction of sp³-hybridized carbons (Fsp3) is 0.409. The first-order chi connectivity index (χ1) is 12.7. The SMILES string of the molecule is O=C1C=C2C(/C=C/c3ccc(CO)cc3)=CC3C[C@@]2(O1)[C@H]1CCCCN31. The zero-order chi connectivity index (χ0) is 17.7. The van der Waals surface area contributed by atoms with Crippen LogP contribution >= 0.6 is 0 Å². The first-order valence-corrected chi connectivity index (χ1v) is 9.50. The van der Waals surface area contributed by atoms with E-state index < -0.39 is 5.60 Å². The van der Waals surface area contributed by atoms with Crippen molar-refractivity contribution in [2.24, 2.45) is 0 Å². The van der Waals surface area contributed by atoms with Crippen LogP contribution in [0.2, 0.25) is 0 Å². The van der Waals surface area contributed by atoms with Gasteiger partial charge in [-0.05, 0) is 36.1 Å². The molecule has 1 N–H and O–H groups in total. The van der Waals surface area contributed by atoms with Crippen molar-refractivity contribution in [1.29, 1.82) is 0 Å². The molecule has 26 heavy (non-hydrogen) atoms. The summed E-state index contributed by atoms with van der Waals surface area (Å²) in [5, 5.41) is 9.17. The average molecular weight is 349 g/mol. The Morgan fingerprint density at radius 2 is 2.08 bits per heavy atom. The van der Waals surface area contributed by atoms with E-state index in [4.69, 9.17) is 4.74 Å². The summed E-state index contributed by atoms with van der Waals surface area (Å²) in [4.78, 5) is 14.7. The summed E-state index contributed by atoms with van der Waals surface area (Å²) in [6.07, 6.45) is 12.7. The lowest BCUT2D eigenvalue weighted by atomic mass is 9.76. The molecule has 1 aromatic rings. The maximum absolute atomic E-state index is 12.2. The molecule has 4 aliphatic rings. The Kier molecular flexibility index (Phi) is 3.66. The summed E-state index contributed by atoms with van der Waals surface area (Å²) in [6, 6.07) is 8.56. The van der Waals surface area contributed by atoms with Gasteiger partial charge in [0.05, 0.1) is 12.6 Å². The number of carbonyl (C=O) groups excluding carboxylic acids is 1. The molecule has 3 aliphatic heterocycles. The van der Waals surface area contributed by atoms with Crippen molar-refractivity contribution >= 4 is 12.0 Å². The second-order valence-electron chi connectivity index (χ2n) is 7.74. The number of aliphatic hydroxyl groups is 1. The van der Waals surface area contributed by atoms with Crippen LogP contribution < -0.4 is 0 Å². The smallest absolute Gasteiger partial charge is 0.332 e. The average Bonchev–Trinajstić information content (AvgIpc) is 3.15. The van der Waals surface area contributed by atoms with Gasteiger partial charge in [0.25, 0.3) is 0 Å². The van der Waals surface area contributed by atoms with Gasteiger partial charge in [0, 0.05) is 24.1 Å².